The maximum absolute atomic E-state index is 13.4. The van der Waals surface area contributed by atoms with Gasteiger partial charge in [0, 0.05) is 25.7 Å². The Morgan fingerprint density at radius 3 is 2.37 bits per heavy atom. The van der Waals surface area contributed by atoms with E-state index in [1.807, 2.05) is 43.3 Å². The molecule has 12 nitrogen and oxygen atoms in total. The number of sulfonamides is 1. The first-order valence-electron chi connectivity index (χ1n) is 15.1. The smallest absolute Gasteiger partial charge is 0.323 e. The number of carboxylic acids is 1. The van der Waals surface area contributed by atoms with Crippen molar-refractivity contribution in [2.45, 2.75) is 69.2 Å². The Hall–Kier alpha value is -4.17. The zero-order chi connectivity index (χ0) is 33.4. The molecule has 46 heavy (non-hydrogen) atoms. The third-order valence-corrected chi connectivity index (χ3v) is 9.74. The van der Waals surface area contributed by atoms with Crippen molar-refractivity contribution in [3.8, 4) is 0 Å². The number of aromatic nitrogens is 1. The molecule has 2 amide bonds. The van der Waals surface area contributed by atoms with E-state index < -0.39 is 59.3 Å². The monoisotopic (exact) mass is 651 g/mol. The van der Waals surface area contributed by atoms with Gasteiger partial charge in [0.2, 0.25) is 21.8 Å². The van der Waals surface area contributed by atoms with E-state index in [1.54, 1.807) is 49.2 Å². The number of carbonyl (C=O) groups excluding carboxylic acids is 2. The summed E-state index contributed by atoms with van der Waals surface area (Å²) in [5.41, 5.74) is 10.1. The molecule has 1 aliphatic heterocycles. The predicted molar refractivity (Wildman–Crippen MR) is 171 cm³/mol. The van der Waals surface area contributed by atoms with Crippen molar-refractivity contribution in [1.29, 1.82) is 0 Å². The number of nitrogens with two attached hydrogens (primary N) is 1. The number of hydrogen-bond acceptors (Lipinski definition) is 8. The average molecular weight is 652 g/mol. The standard InChI is InChI=1S/C33H41N5O7S/c1-21-15-22(2)32(23(3)16-21)46(43,44)37-27(33(41)42)18-36-29(39)20-45-25-17-28(31(34)26-11-7-8-14-35-26)38(19-25)30(40)13-12-24-9-5-4-6-10-24/h4-11,14-16,25,27-28,31,37H,12-13,17-20,34H2,1-3H3,(H,36,39)(H,41,42). The van der Waals surface area contributed by atoms with Crippen molar-refractivity contribution in [1.82, 2.24) is 19.9 Å². The number of amides is 2. The molecule has 1 aromatic heterocycles. The first-order chi connectivity index (χ1) is 21.9. The fraction of sp³-hybridized carbons (Fsp3) is 0.394. The number of ether oxygens (including phenoxy) is 1. The fourth-order valence-corrected chi connectivity index (χ4v) is 7.50. The molecule has 2 aromatic carbocycles. The van der Waals surface area contributed by atoms with Crippen LogP contribution in [0.15, 0.2) is 71.8 Å². The van der Waals surface area contributed by atoms with Crippen LogP contribution in [0, 0.1) is 20.8 Å². The minimum atomic E-state index is -4.20. The number of rotatable bonds is 14. The number of pyridine rings is 1. The third kappa shape index (κ3) is 8.97. The van der Waals surface area contributed by atoms with Gasteiger partial charge in [-0.05, 0) is 62.4 Å². The summed E-state index contributed by atoms with van der Waals surface area (Å²) in [4.78, 5) is 44.0. The maximum Gasteiger partial charge on any atom is 0.323 e. The van der Waals surface area contributed by atoms with E-state index in [-0.39, 0.29) is 23.8 Å². The van der Waals surface area contributed by atoms with Crippen LogP contribution in [0.25, 0.3) is 0 Å². The third-order valence-electron chi connectivity index (χ3n) is 7.96. The minimum Gasteiger partial charge on any atom is -0.480 e. The van der Waals surface area contributed by atoms with Gasteiger partial charge >= 0.3 is 5.97 Å². The Balaban J connectivity index is 1.36. The molecule has 2 heterocycles. The maximum atomic E-state index is 13.4. The normalized spacial score (nSPS) is 17.8. The highest BCUT2D eigenvalue weighted by Gasteiger charge is 2.40. The van der Waals surface area contributed by atoms with Crippen molar-refractivity contribution in [2.75, 3.05) is 19.7 Å². The van der Waals surface area contributed by atoms with Crippen LogP contribution in [0.5, 0.6) is 0 Å². The van der Waals surface area contributed by atoms with Gasteiger partial charge in [-0.1, -0.05) is 54.1 Å². The van der Waals surface area contributed by atoms with Crippen LogP contribution < -0.4 is 15.8 Å². The van der Waals surface area contributed by atoms with Crippen molar-refractivity contribution >= 4 is 27.8 Å². The van der Waals surface area contributed by atoms with Gasteiger partial charge in [0.1, 0.15) is 12.6 Å². The number of nitrogens with zero attached hydrogens (tertiary/aromatic N) is 2. The molecular weight excluding hydrogens is 610 g/mol. The van der Waals surface area contributed by atoms with Crippen LogP contribution in [0.4, 0.5) is 0 Å². The largest absolute Gasteiger partial charge is 0.480 e. The van der Waals surface area contributed by atoms with Crippen molar-refractivity contribution in [2.24, 2.45) is 5.73 Å². The number of hydrogen-bond donors (Lipinski definition) is 4. The first kappa shape index (κ1) is 34.7. The molecule has 0 aliphatic carbocycles. The molecule has 0 bridgehead atoms. The van der Waals surface area contributed by atoms with Crippen LogP contribution in [0.1, 0.15) is 46.8 Å². The lowest BCUT2D eigenvalue weighted by Gasteiger charge is -2.29. The highest BCUT2D eigenvalue weighted by molar-refractivity contribution is 7.89. The second-order valence-corrected chi connectivity index (χ2v) is 13.2. The van der Waals surface area contributed by atoms with Gasteiger partial charge in [-0.15, -0.1) is 0 Å². The Kier molecular flexibility index (Phi) is 11.6. The quantitative estimate of drug-likeness (QED) is 0.203. The molecule has 1 fully saturated rings. The molecule has 4 atom stereocenters. The Bertz CT molecular complexity index is 1610. The van der Waals surface area contributed by atoms with E-state index in [4.69, 9.17) is 10.5 Å². The zero-order valence-electron chi connectivity index (χ0n) is 26.2. The lowest BCUT2D eigenvalue weighted by molar-refractivity contribution is -0.139. The number of carboxylic acid groups (broad SMARTS) is 1. The molecule has 4 unspecified atom stereocenters. The Labute approximate surface area is 269 Å². The van der Waals surface area contributed by atoms with E-state index in [2.05, 4.69) is 15.0 Å². The molecular formula is C33H41N5O7S. The summed E-state index contributed by atoms with van der Waals surface area (Å²) in [5, 5.41) is 12.1. The van der Waals surface area contributed by atoms with Gasteiger partial charge in [-0.25, -0.2) is 8.42 Å². The number of benzene rings is 2. The predicted octanol–water partition coefficient (Wildman–Crippen LogP) is 2.17. The van der Waals surface area contributed by atoms with Crippen molar-refractivity contribution in [3.05, 3.63) is 94.8 Å². The van der Waals surface area contributed by atoms with Crippen LogP contribution >= 0.6 is 0 Å². The van der Waals surface area contributed by atoms with Gasteiger partial charge in [0.05, 0.1) is 28.8 Å². The van der Waals surface area contributed by atoms with Gasteiger partial charge in [-0.3, -0.25) is 19.4 Å². The molecule has 3 aromatic rings. The van der Waals surface area contributed by atoms with Gasteiger partial charge < -0.3 is 25.8 Å². The second kappa shape index (κ2) is 15.4. The minimum absolute atomic E-state index is 0.00146. The van der Waals surface area contributed by atoms with E-state index in [1.165, 1.54) is 0 Å². The van der Waals surface area contributed by atoms with Crippen LogP contribution in [0.2, 0.25) is 0 Å². The molecule has 0 radical (unpaired) electrons. The summed E-state index contributed by atoms with van der Waals surface area (Å²) in [5.74, 6) is -2.17. The number of aliphatic carboxylic acids is 1. The molecule has 5 N–H and O–H groups in total. The highest BCUT2D eigenvalue weighted by Crippen LogP contribution is 2.30. The lowest BCUT2D eigenvalue weighted by Crippen LogP contribution is -2.49. The van der Waals surface area contributed by atoms with Crippen LogP contribution in [-0.2, 0) is 35.6 Å². The Morgan fingerprint density at radius 2 is 1.74 bits per heavy atom. The summed E-state index contributed by atoms with van der Waals surface area (Å²) < 4.78 is 34.2. The van der Waals surface area contributed by atoms with E-state index >= 15 is 0 Å². The molecule has 246 valence electrons. The van der Waals surface area contributed by atoms with E-state index in [0.717, 1.165) is 11.1 Å². The number of nitrogens with one attached hydrogen (secondary N) is 2. The van der Waals surface area contributed by atoms with E-state index in [9.17, 15) is 27.9 Å². The van der Waals surface area contributed by atoms with E-state index in [0.29, 0.717) is 29.7 Å². The topological polar surface area (TPSA) is 181 Å². The highest BCUT2D eigenvalue weighted by atomic mass is 32.2. The molecule has 1 aliphatic rings. The number of aryl methyl sites for hydroxylation is 4. The molecule has 4 rings (SSSR count). The van der Waals surface area contributed by atoms with Crippen molar-refractivity contribution in [3.63, 3.8) is 0 Å². The molecule has 0 saturated carbocycles. The zero-order valence-corrected chi connectivity index (χ0v) is 27.0. The van der Waals surface area contributed by atoms with Gasteiger partial charge in [0.15, 0.2) is 0 Å². The van der Waals surface area contributed by atoms with Gasteiger partial charge in [0.25, 0.3) is 0 Å². The summed E-state index contributed by atoms with van der Waals surface area (Å²) in [6, 6.07) is 15.9. The fourth-order valence-electron chi connectivity index (χ4n) is 5.86. The molecule has 0 spiro atoms. The first-order valence-corrected chi connectivity index (χ1v) is 16.5. The summed E-state index contributed by atoms with van der Waals surface area (Å²) in [6.45, 7) is 4.42. The van der Waals surface area contributed by atoms with Crippen molar-refractivity contribution < 1.29 is 32.6 Å². The summed E-state index contributed by atoms with van der Waals surface area (Å²) >= 11 is 0. The number of likely N-dealkylation sites (tertiary alicyclic amines) is 1. The number of carbonyl (C=O) groups is 3. The SMILES string of the molecule is Cc1cc(C)c(S(=O)(=O)NC(CNC(=O)COC2CC(C(N)c3ccccn3)N(C(=O)CCc3ccccc3)C2)C(=O)O)c(C)c1. The average Bonchev–Trinajstić information content (AvgIpc) is 3.45. The lowest BCUT2D eigenvalue weighted by atomic mass is 10.0. The molecule has 13 heteroatoms. The Morgan fingerprint density at radius 1 is 1.07 bits per heavy atom. The summed E-state index contributed by atoms with van der Waals surface area (Å²) in [7, 11) is -4.20. The molecule has 1 saturated heterocycles. The van der Waals surface area contributed by atoms with Gasteiger partial charge in [-0.2, -0.15) is 4.72 Å². The van der Waals surface area contributed by atoms with Crippen LogP contribution in [0.3, 0.4) is 0 Å². The second-order valence-electron chi connectivity index (χ2n) is 11.6. The van der Waals surface area contributed by atoms with Crippen LogP contribution in [-0.4, -0.2) is 79.1 Å². The summed E-state index contributed by atoms with van der Waals surface area (Å²) in [6.07, 6.45) is 2.34.